The Labute approximate surface area is 177 Å². The van der Waals surface area contributed by atoms with Gasteiger partial charge in [0.1, 0.15) is 0 Å². The van der Waals surface area contributed by atoms with Gasteiger partial charge in [0, 0.05) is 21.7 Å². The van der Waals surface area contributed by atoms with Crippen molar-refractivity contribution in [2.45, 2.75) is 59.5 Å². The average molecular weight is 411 g/mol. The third kappa shape index (κ3) is 3.41. The molecule has 0 saturated heterocycles. The van der Waals surface area contributed by atoms with Gasteiger partial charge in [-0.25, -0.2) is 0 Å². The zero-order valence-corrected chi connectivity index (χ0v) is 18.7. The van der Waals surface area contributed by atoms with Gasteiger partial charge in [-0.2, -0.15) is 0 Å². The zero-order chi connectivity index (χ0) is 21.1. The van der Waals surface area contributed by atoms with Crippen LogP contribution in [0.15, 0.2) is 18.2 Å². The van der Waals surface area contributed by atoms with Crippen molar-refractivity contribution in [1.82, 2.24) is 0 Å². The molecule has 0 amide bonds. The van der Waals surface area contributed by atoms with Gasteiger partial charge in [0.2, 0.25) is 0 Å². The van der Waals surface area contributed by atoms with Crippen LogP contribution in [0.1, 0.15) is 67.7 Å². The topological polar surface area (TPSA) is 57.5 Å². The van der Waals surface area contributed by atoms with Gasteiger partial charge in [-0.05, 0) is 96.5 Å². The number of ketones is 1. The van der Waals surface area contributed by atoms with Crippen LogP contribution in [-0.4, -0.2) is 28.7 Å². The fraction of sp³-hybridized carbons (Fsp3) is 0.480. The first-order valence-corrected chi connectivity index (χ1v) is 11.2. The van der Waals surface area contributed by atoms with Crippen LogP contribution in [0.4, 0.5) is 0 Å². The lowest BCUT2D eigenvalue weighted by atomic mass is 9.93. The van der Waals surface area contributed by atoms with Gasteiger partial charge in [-0.15, -0.1) is 11.3 Å². The number of carbonyl (C=O) groups is 1. The summed E-state index contributed by atoms with van der Waals surface area (Å²) in [6.07, 6.45) is 4.49. The highest BCUT2D eigenvalue weighted by Crippen LogP contribution is 2.71. The monoisotopic (exact) mass is 410 g/mol. The largest absolute Gasteiger partial charge is 0.394 e. The Balaban J connectivity index is 1.55. The van der Waals surface area contributed by atoms with Crippen molar-refractivity contribution in [3.63, 3.8) is 0 Å². The Bertz CT molecular complexity index is 988. The fourth-order valence-electron chi connectivity index (χ4n) is 5.30. The van der Waals surface area contributed by atoms with Gasteiger partial charge >= 0.3 is 0 Å². The normalized spacial score (nSPS) is 22.6. The maximum Gasteiger partial charge on any atom is 0.185 e. The maximum atomic E-state index is 12.8. The number of aryl methyl sites for hydroxylation is 3. The standard InChI is InChI=1S/C25H30O3S/c1-13-8-16(9-14(2)18(13)10-17(27)12-26)21(28)6-7-22-19-11-20-24(25(20,4)5)23(19)15(3)29-22/h6-9,17,20,24,26-27H,10-12H2,1-5H3/t17?,20-,24-/m1/s1. The molecule has 4 heteroatoms. The molecule has 4 rings (SSSR count). The molecule has 1 saturated carbocycles. The highest BCUT2D eigenvalue weighted by atomic mass is 32.1. The molecule has 154 valence electrons. The van der Waals surface area contributed by atoms with Crippen molar-refractivity contribution in [1.29, 1.82) is 0 Å². The molecular weight excluding hydrogens is 380 g/mol. The summed E-state index contributed by atoms with van der Waals surface area (Å²) in [5.74, 6) is 1.49. The molecule has 1 aromatic carbocycles. The minimum absolute atomic E-state index is 0.00810. The average Bonchev–Trinajstić information content (AvgIpc) is 3.00. The molecule has 0 bridgehead atoms. The minimum atomic E-state index is -0.769. The number of thiophene rings is 1. The molecule has 1 aromatic heterocycles. The Morgan fingerprint density at radius 2 is 1.93 bits per heavy atom. The van der Waals surface area contributed by atoms with Crippen LogP contribution >= 0.6 is 11.3 Å². The third-order valence-corrected chi connectivity index (χ3v) is 8.20. The van der Waals surface area contributed by atoms with Crippen molar-refractivity contribution in [3.8, 4) is 0 Å². The number of allylic oxidation sites excluding steroid dienone is 1. The summed E-state index contributed by atoms with van der Waals surface area (Å²) in [6.45, 7) is 10.6. The van der Waals surface area contributed by atoms with Gasteiger partial charge in [-0.3, -0.25) is 4.79 Å². The van der Waals surface area contributed by atoms with E-state index in [2.05, 4.69) is 20.8 Å². The number of hydrogen-bond acceptors (Lipinski definition) is 4. The van der Waals surface area contributed by atoms with Crippen LogP contribution in [0, 0.1) is 32.1 Å². The second kappa shape index (κ2) is 7.19. The molecule has 2 aliphatic rings. The van der Waals surface area contributed by atoms with E-state index in [1.54, 1.807) is 11.6 Å². The van der Waals surface area contributed by atoms with E-state index < -0.39 is 6.10 Å². The van der Waals surface area contributed by atoms with Gasteiger partial charge < -0.3 is 10.2 Å². The number of rotatable bonds is 6. The number of fused-ring (bicyclic) bond motifs is 3. The number of hydrogen-bond donors (Lipinski definition) is 2. The molecule has 3 atom stereocenters. The van der Waals surface area contributed by atoms with E-state index in [0.29, 0.717) is 23.3 Å². The molecule has 2 N–H and O–H groups in total. The van der Waals surface area contributed by atoms with Crippen molar-refractivity contribution < 1.29 is 15.0 Å². The van der Waals surface area contributed by atoms with Gasteiger partial charge in [0.25, 0.3) is 0 Å². The Hall–Kier alpha value is -1.75. The zero-order valence-electron chi connectivity index (χ0n) is 17.9. The van der Waals surface area contributed by atoms with E-state index in [0.717, 1.165) is 29.0 Å². The number of carbonyl (C=O) groups excluding carboxylic acids is 1. The fourth-order valence-corrected chi connectivity index (χ4v) is 6.44. The predicted octanol–water partition coefficient (Wildman–Crippen LogP) is 4.76. The summed E-state index contributed by atoms with van der Waals surface area (Å²) >= 11 is 1.81. The van der Waals surface area contributed by atoms with E-state index >= 15 is 0 Å². The van der Waals surface area contributed by atoms with Crippen LogP contribution in [0.2, 0.25) is 0 Å². The molecule has 1 unspecified atom stereocenters. The smallest absolute Gasteiger partial charge is 0.185 e. The molecular formula is C25H30O3S. The summed E-state index contributed by atoms with van der Waals surface area (Å²) < 4.78 is 0. The molecule has 0 aliphatic heterocycles. The first-order chi connectivity index (χ1) is 13.6. The maximum absolute atomic E-state index is 12.8. The van der Waals surface area contributed by atoms with Crippen molar-refractivity contribution in [2.24, 2.45) is 11.3 Å². The van der Waals surface area contributed by atoms with Crippen molar-refractivity contribution in [3.05, 3.63) is 61.3 Å². The van der Waals surface area contributed by atoms with Gasteiger partial charge in [0.15, 0.2) is 5.78 Å². The highest BCUT2D eigenvalue weighted by molar-refractivity contribution is 7.13. The van der Waals surface area contributed by atoms with E-state index in [9.17, 15) is 9.90 Å². The van der Waals surface area contributed by atoms with E-state index in [1.807, 2.05) is 43.4 Å². The number of aliphatic hydroxyl groups is 2. The van der Waals surface area contributed by atoms with Crippen molar-refractivity contribution >= 4 is 23.2 Å². The lowest BCUT2D eigenvalue weighted by molar-refractivity contribution is 0.0952. The van der Waals surface area contributed by atoms with Crippen molar-refractivity contribution in [2.75, 3.05) is 6.61 Å². The lowest BCUT2D eigenvalue weighted by Gasteiger charge is -2.14. The quantitative estimate of drug-likeness (QED) is 0.533. The van der Waals surface area contributed by atoms with Crippen LogP contribution < -0.4 is 0 Å². The molecule has 0 radical (unpaired) electrons. The SMILES string of the molecule is Cc1cc(C(=O)C=Cc2sc(C)c3c2C[C@@H]2[C@H]3C2(C)C)cc(C)c1CC(O)CO. The Morgan fingerprint density at radius 3 is 2.55 bits per heavy atom. The Kier molecular flexibility index (Phi) is 5.09. The molecule has 0 spiro atoms. The molecule has 2 aromatic rings. The highest BCUT2D eigenvalue weighted by Gasteiger charge is 2.63. The molecule has 3 nitrogen and oxygen atoms in total. The summed E-state index contributed by atoms with van der Waals surface area (Å²) in [7, 11) is 0. The number of benzene rings is 1. The first-order valence-electron chi connectivity index (χ1n) is 10.4. The minimum Gasteiger partial charge on any atom is -0.394 e. The molecule has 1 heterocycles. The summed E-state index contributed by atoms with van der Waals surface area (Å²) in [5.41, 5.74) is 7.08. The van der Waals surface area contributed by atoms with Crippen LogP contribution in [-0.2, 0) is 12.8 Å². The van der Waals surface area contributed by atoms with Crippen LogP contribution in [0.3, 0.4) is 0 Å². The Morgan fingerprint density at radius 1 is 1.28 bits per heavy atom. The van der Waals surface area contributed by atoms with Gasteiger partial charge in [-0.1, -0.05) is 13.8 Å². The molecule has 2 aliphatic carbocycles. The summed E-state index contributed by atoms with van der Waals surface area (Å²) in [5, 5.41) is 18.9. The second-order valence-corrected chi connectivity index (χ2v) is 10.6. The van der Waals surface area contributed by atoms with Crippen LogP contribution in [0.5, 0.6) is 0 Å². The summed E-state index contributed by atoms with van der Waals surface area (Å²) in [4.78, 5) is 15.5. The summed E-state index contributed by atoms with van der Waals surface area (Å²) in [6, 6.07) is 3.78. The van der Waals surface area contributed by atoms with E-state index in [-0.39, 0.29) is 12.4 Å². The molecule has 1 fully saturated rings. The predicted molar refractivity (Wildman–Crippen MR) is 119 cm³/mol. The number of aliphatic hydroxyl groups excluding tert-OH is 2. The van der Waals surface area contributed by atoms with Crippen LogP contribution in [0.25, 0.3) is 6.08 Å². The first kappa shape index (κ1) is 20.5. The van der Waals surface area contributed by atoms with E-state index in [4.69, 9.17) is 5.11 Å². The second-order valence-electron chi connectivity index (χ2n) is 9.35. The molecule has 29 heavy (non-hydrogen) atoms. The van der Waals surface area contributed by atoms with E-state index in [1.165, 1.54) is 15.3 Å². The lowest BCUT2D eigenvalue weighted by Crippen LogP contribution is -2.17. The van der Waals surface area contributed by atoms with Gasteiger partial charge in [0.05, 0.1) is 12.7 Å². The third-order valence-electron chi connectivity index (χ3n) is 7.07.